The number of Topliss-reactive ketones (excluding diaryl/α,β-unsaturated/α-hetero) is 1. The fourth-order valence-electron chi connectivity index (χ4n) is 2.06. The third kappa shape index (κ3) is 1.84. The zero-order valence-corrected chi connectivity index (χ0v) is 9.37. The fourth-order valence-corrected chi connectivity index (χ4v) is 2.23. The van der Waals surface area contributed by atoms with Crippen molar-refractivity contribution < 1.29 is 9.90 Å². The Bertz CT molecular complexity index is 473. The number of terminal acetylenes is 1. The smallest absolute Gasteiger partial charge is 0.169 e. The molecule has 2 rings (SSSR count). The van der Waals surface area contributed by atoms with Gasteiger partial charge in [-0.25, -0.2) is 0 Å². The second kappa shape index (κ2) is 4.29. The van der Waals surface area contributed by atoms with Gasteiger partial charge in [0.1, 0.15) is 0 Å². The lowest BCUT2D eigenvalue weighted by Gasteiger charge is -2.13. The molecule has 2 atom stereocenters. The second-order valence-electron chi connectivity index (χ2n) is 3.95. The summed E-state index contributed by atoms with van der Waals surface area (Å²) in [5.41, 5.74) is 1.56. The molecule has 2 nitrogen and oxygen atoms in total. The van der Waals surface area contributed by atoms with Gasteiger partial charge in [-0.2, -0.15) is 0 Å². The van der Waals surface area contributed by atoms with Crippen LogP contribution in [-0.4, -0.2) is 17.0 Å². The second-order valence-corrected chi connectivity index (χ2v) is 4.39. The number of fused-ring (bicyclic) bond motifs is 1. The Morgan fingerprint density at radius 1 is 1.62 bits per heavy atom. The van der Waals surface area contributed by atoms with Crippen LogP contribution in [-0.2, 0) is 6.42 Å². The van der Waals surface area contributed by atoms with E-state index in [4.69, 9.17) is 18.0 Å². The summed E-state index contributed by atoms with van der Waals surface area (Å²) in [5.74, 6) is 1.91. The molecule has 0 fully saturated rings. The van der Waals surface area contributed by atoms with Crippen molar-refractivity contribution in [1.29, 1.82) is 0 Å². The molecule has 2 unspecified atom stereocenters. The van der Waals surface area contributed by atoms with Crippen LogP contribution < -0.4 is 0 Å². The number of rotatable bonds is 2. The van der Waals surface area contributed by atoms with Crippen molar-refractivity contribution in [3.8, 4) is 12.3 Å². The number of aliphatic hydroxyl groups excluding tert-OH is 1. The Balaban J connectivity index is 2.28. The van der Waals surface area contributed by atoms with Crippen molar-refractivity contribution in [2.45, 2.75) is 18.9 Å². The van der Waals surface area contributed by atoms with E-state index < -0.39 is 12.0 Å². The van der Waals surface area contributed by atoms with Crippen molar-refractivity contribution >= 4 is 17.4 Å². The molecule has 82 valence electrons. The number of benzene rings is 1. The van der Waals surface area contributed by atoms with E-state index in [9.17, 15) is 9.90 Å². The van der Waals surface area contributed by atoms with Gasteiger partial charge < -0.3 is 5.11 Å². The van der Waals surface area contributed by atoms with Crippen LogP contribution in [0.1, 0.15) is 22.3 Å². The van der Waals surface area contributed by atoms with Crippen LogP contribution in [0.5, 0.6) is 0 Å². The van der Waals surface area contributed by atoms with Crippen molar-refractivity contribution in [3.63, 3.8) is 0 Å². The summed E-state index contributed by atoms with van der Waals surface area (Å²) in [6.07, 6.45) is 5.13. The molecule has 0 heterocycles. The van der Waals surface area contributed by atoms with Gasteiger partial charge in [0.25, 0.3) is 0 Å². The van der Waals surface area contributed by atoms with Crippen LogP contribution >= 0.6 is 11.6 Å². The summed E-state index contributed by atoms with van der Waals surface area (Å²) >= 11 is 5.83. The van der Waals surface area contributed by atoms with Crippen molar-refractivity contribution in [1.82, 2.24) is 0 Å². The minimum absolute atomic E-state index is 0.0553. The number of carbonyl (C=O) groups is 1. The summed E-state index contributed by atoms with van der Waals surface area (Å²) in [6.45, 7) is 0. The van der Waals surface area contributed by atoms with E-state index in [0.717, 1.165) is 5.56 Å². The SMILES string of the molecule is C#CCC(O)C1Cc2ccc(Cl)cc2C1=O. The van der Waals surface area contributed by atoms with Crippen LogP contribution in [0, 0.1) is 18.3 Å². The van der Waals surface area contributed by atoms with E-state index in [2.05, 4.69) is 5.92 Å². The zero-order valence-electron chi connectivity index (χ0n) is 8.61. The monoisotopic (exact) mass is 234 g/mol. The Morgan fingerprint density at radius 3 is 3.06 bits per heavy atom. The molecule has 1 aromatic carbocycles. The first-order chi connectivity index (χ1) is 7.63. The molecule has 1 aliphatic carbocycles. The summed E-state index contributed by atoms with van der Waals surface area (Å²) in [4.78, 5) is 12.0. The van der Waals surface area contributed by atoms with E-state index in [1.807, 2.05) is 6.07 Å². The lowest BCUT2D eigenvalue weighted by atomic mass is 9.96. The van der Waals surface area contributed by atoms with Crippen molar-refractivity contribution in [2.75, 3.05) is 0 Å². The van der Waals surface area contributed by atoms with Gasteiger partial charge >= 0.3 is 0 Å². The summed E-state index contributed by atoms with van der Waals surface area (Å²) in [5, 5.41) is 10.3. The van der Waals surface area contributed by atoms with Gasteiger partial charge in [0.05, 0.1) is 12.0 Å². The Hall–Kier alpha value is -1.30. The summed E-state index contributed by atoms with van der Waals surface area (Å²) < 4.78 is 0. The van der Waals surface area contributed by atoms with Gasteiger partial charge in [-0.15, -0.1) is 12.3 Å². The average Bonchev–Trinajstić information content (AvgIpc) is 2.57. The third-order valence-corrected chi connectivity index (χ3v) is 3.14. The molecule has 3 heteroatoms. The van der Waals surface area contributed by atoms with Crippen LogP contribution in [0.4, 0.5) is 0 Å². The molecule has 0 bridgehead atoms. The largest absolute Gasteiger partial charge is 0.391 e. The maximum absolute atomic E-state index is 12.0. The highest BCUT2D eigenvalue weighted by molar-refractivity contribution is 6.31. The molecule has 0 aromatic heterocycles. The molecule has 0 saturated heterocycles. The van der Waals surface area contributed by atoms with Crippen LogP contribution in [0.15, 0.2) is 18.2 Å². The van der Waals surface area contributed by atoms with Gasteiger partial charge in [-0.1, -0.05) is 17.7 Å². The number of aliphatic hydroxyl groups is 1. The number of hydrogen-bond donors (Lipinski definition) is 1. The molecule has 0 amide bonds. The molecular formula is C13H11ClO2. The average molecular weight is 235 g/mol. The van der Waals surface area contributed by atoms with E-state index >= 15 is 0 Å². The van der Waals surface area contributed by atoms with Crippen molar-refractivity contribution in [3.05, 3.63) is 34.3 Å². The lowest BCUT2D eigenvalue weighted by molar-refractivity contribution is 0.0725. The van der Waals surface area contributed by atoms with Gasteiger partial charge in [0, 0.05) is 17.0 Å². The minimum atomic E-state index is -0.760. The quantitative estimate of drug-likeness (QED) is 0.796. The predicted molar refractivity (Wildman–Crippen MR) is 62.4 cm³/mol. The number of hydrogen-bond acceptors (Lipinski definition) is 2. The topological polar surface area (TPSA) is 37.3 Å². The highest BCUT2D eigenvalue weighted by Gasteiger charge is 2.35. The van der Waals surface area contributed by atoms with Crippen LogP contribution in [0.25, 0.3) is 0 Å². The van der Waals surface area contributed by atoms with Gasteiger partial charge in [-0.05, 0) is 24.1 Å². The molecular weight excluding hydrogens is 224 g/mol. The number of carbonyl (C=O) groups excluding carboxylic acids is 1. The standard InChI is InChI=1S/C13H11ClO2/c1-2-3-12(15)11-6-8-4-5-9(14)7-10(8)13(11)16/h1,4-5,7,11-12,15H,3,6H2. The minimum Gasteiger partial charge on any atom is -0.391 e. The molecule has 0 spiro atoms. The zero-order chi connectivity index (χ0) is 11.7. The Morgan fingerprint density at radius 2 is 2.38 bits per heavy atom. The van der Waals surface area contributed by atoms with Crippen LogP contribution in [0.2, 0.25) is 5.02 Å². The first-order valence-electron chi connectivity index (χ1n) is 5.07. The molecule has 0 saturated carbocycles. The summed E-state index contributed by atoms with van der Waals surface area (Å²) in [7, 11) is 0. The third-order valence-electron chi connectivity index (χ3n) is 2.91. The van der Waals surface area contributed by atoms with E-state index in [-0.39, 0.29) is 12.2 Å². The molecule has 1 N–H and O–H groups in total. The van der Waals surface area contributed by atoms with E-state index in [1.54, 1.807) is 12.1 Å². The highest BCUT2D eigenvalue weighted by atomic mass is 35.5. The normalized spacial score (nSPS) is 20.3. The van der Waals surface area contributed by atoms with Gasteiger partial charge in [0.2, 0.25) is 0 Å². The molecule has 0 radical (unpaired) electrons. The van der Waals surface area contributed by atoms with E-state index in [1.165, 1.54) is 0 Å². The molecule has 1 aromatic rings. The molecule has 0 aliphatic heterocycles. The maximum atomic E-state index is 12.0. The number of halogens is 1. The maximum Gasteiger partial charge on any atom is 0.169 e. The Labute approximate surface area is 99.2 Å². The number of ketones is 1. The Kier molecular flexibility index (Phi) is 3.00. The first kappa shape index (κ1) is 11.2. The van der Waals surface area contributed by atoms with Gasteiger partial charge in [-0.3, -0.25) is 4.79 Å². The van der Waals surface area contributed by atoms with Crippen molar-refractivity contribution in [2.24, 2.45) is 5.92 Å². The fraction of sp³-hybridized carbons (Fsp3) is 0.308. The highest BCUT2D eigenvalue weighted by Crippen LogP contribution is 2.31. The summed E-state index contributed by atoms with van der Waals surface area (Å²) in [6, 6.07) is 5.24. The molecule has 1 aliphatic rings. The first-order valence-corrected chi connectivity index (χ1v) is 5.45. The van der Waals surface area contributed by atoms with Crippen LogP contribution in [0.3, 0.4) is 0 Å². The lowest BCUT2D eigenvalue weighted by Crippen LogP contribution is -2.25. The predicted octanol–water partition coefficient (Wildman–Crippen LogP) is 2.08. The molecule has 16 heavy (non-hydrogen) atoms. The van der Waals surface area contributed by atoms with Gasteiger partial charge in [0.15, 0.2) is 5.78 Å². The van der Waals surface area contributed by atoms with E-state index in [0.29, 0.717) is 17.0 Å².